The normalized spacial score (nSPS) is 5.83. The standard InChI is InChI=1S/2Na.H2O3S/c;;1-4(2)3/h;;(H2,1,2,3)/q2*+1;/p-2/i;;4+3. The molecule has 0 aromatic heterocycles. The zero-order chi connectivity index (χ0) is 3.58. The summed E-state index contributed by atoms with van der Waals surface area (Å²) in [5, 5.41) is 0. The summed E-state index contributed by atoms with van der Waals surface area (Å²) in [5.74, 6) is 0. The Morgan fingerprint density at radius 1 is 1.17 bits per heavy atom. The molecule has 3 nitrogen and oxygen atoms in total. The van der Waals surface area contributed by atoms with E-state index < -0.39 is 11.4 Å². The summed E-state index contributed by atoms with van der Waals surface area (Å²) in [6, 6.07) is 0. The summed E-state index contributed by atoms with van der Waals surface area (Å²) < 4.78 is 25.3. The number of hydrogen-bond donors (Lipinski definition) is 0. The second kappa shape index (κ2) is 10.1. The van der Waals surface area contributed by atoms with Gasteiger partial charge in [-0.05, 0) is 0 Å². The van der Waals surface area contributed by atoms with E-state index in [0.717, 1.165) is 0 Å². The van der Waals surface area contributed by atoms with Gasteiger partial charge in [-0.2, -0.15) is 0 Å². The molecule has 0 amide bonds. The van der Waals surface area contributed by atoms with Gasteiger partial charge in [0, 0.05) is 0 Å². The van der Waals surface area contributed by atoms with Crippen molar-refractivity contribution in [3.63, 3.8) is 0 Å². The fourth-order valence-corrected chi connectivity index (χ4v) is 0. The molecule has 6 heteroatoms. The maximum Gasteiger partial charge on any atom is 1.00 e. The van der Waals surface area contributed by atoms with Crippen LogP contribution in [0.4, 0.5) is 0 Å². The Hall–Kier alpha value is 2.07. The Labute approximate surface area is 82.6 Å². The topological polar surface area (TPSA) is 63.2 Å². The molecule has 0 unspecified atom stereocenters. The Bertz CT molecular complexity index is 31.8. The zero-order valence-electron chi connectivity index (χ0n) is 3.63. The van der Waals surface area contributed by atoms with E-state index in [9.17, 15) is 0 Å². The molecule has 0 N–H and O–H groups in total. The van der Waals surface area contributed by atoms with Gasteiger partial charge in [0.25, 0.3) is 0 Å². The van der Waals surface area contributed by atoms with Crippen LogP contribution in [0.15, 0.2) is 0 Å². The minimum Gasteiger partial charge on any atom is -0.784 e. The number of rotatable bonds is 0. The third-order valence-electron chi connectivity index (χ3n) is 0. The minimum atomic E-state index is -3.11. The van der Waals surface area contributed by atoms with Crippen molar-refractivity contribution >= 4 is 11.4 Å². The van der Waals surface area contributed by atoms with Crippen molar-refractivity contribution in [2.45, 2.75) is 0 Å². The maximum atomic E-state index is 8.44. The van der Waals surface area contributed by atoms with Crippen LogP contribution in [0.2, 0.25) is 0 Å². The van der Waals surface area contributed by atoms with Crippen LogP contribution < -0.4 is 59.1 Å². The largest absolute Gasteiger partial charge is 1.00 e. The molecule has 0 aromatic carbocycles. The number of hydrogen-bond acceptors (Lipinski definition) is 3. The molecule has 0 rings (SSSR count). The summed E-state index contributed by atoms with van der Waals surface area (Å²) in [5.41, 5.74) is 0. The van der Waals surface area contributed by atoms with Gasteiger partial charge in [-0.3, -0.25) is 4.21 Å². The second-order valence-corrected chi connectivity index (χ2v) is 0.612. The molecule has 0 aliphatic heterocycles. The quantitative estimate of drug-likeness (QED) is 0.241. The Morgan fingerprint density at radius 3 is 1.17 bits per heavy atom. The molecule has 0 radical (unpaired) electrons. The van der Waals surface area contributed by atoms with Gasteiger partial charge in [0.2, 0.25) is 0 Å². The SMILES string of the molecule is O=[35S]([O-])[O-].[Na+].[Na+]. The first-order valence-electron chi connectivity index (χ1n) is 0.500. The molecular weight excluding hydrogens is 129 g/mol. The van der Waals surface area contributed by atoms with E-state index in [0.29, 0.717) is 0 Å². The molecule has 0 aliphatic carbocycles. The van der Waals surface area contributed by atoms with E-state index in [1.165, 1.54) is 0 Å². The monoisotopic (exact) mass is 129 g/mol. The average Bonchev–Trinajstić information content (AvgIpc) is 0.811. The molecule has 0 atom stereocenters. The fraction of sp³-hybridized carbons (Fsp3) is 0. The Kier molecular flexibility index (Phi) is 26.5. The molecule has 0 aliphatic rings. The first-order chi connectivity index (χ1) is 1.73. The summed E-state index contributed by atoms with van der Waals surface area (Å²) in [6.07, 6.45) is 0. The molecule has 0 aromatic rings. The van der Waals surface area contributed by atoms with Gasteiger partial charge in [0.1, 0.15) is 0 Å². The van der Waals surface area contributed by atoms with Gasteiger partial charge in [-0.1, -0.05) is 0 Å². The predicted octanol–water partition coefficient (Wildman–Crippen LogP) is -7.00. The average molecular weight is 129 g/mol. The third-order valence-corrected chi connectivity index (χ3v) is 0. The molecule has 0 bridgehead atoms. The summed E-state index contributed by atoms with van der Waals surface area (Å²) in [6.45, 7) is 0. The van der Waals surface area contributed by atoms with Crippen LogP contribution in [0.1, 0.15) is 0 Å². The molecule has 0 spiro atoms. The molecule has 26 valence electrons. The van der Waals surface area contributed by atoms with Crippen LogP contribution >= 0.6 is 0 Å². The summed E-state index contributed by atoms with van der Waals surface area (Å²) in [4.78, 5) is 0. The van der Waals surface area contributed by atoms with E-state index in [4.69, 9.17) is 13.3 Å². The Balaban J connectivity index is -0.0000000450. The predicted molar refractivity (Wildman–Crippen MR) is 9.70 cm³/mol. The van der Waals surface area contributed by atoms with Crippen molar-refractivity contribution < 1.29 is 72.4 Å². The van der Waals surface area contributed by atoms with Crippen LogP contribution in [-0.4, -0.2) is 13.3 Å². The van der Waals surface area contributed by atoms with Crippen LogP contribution in [-0.2, 0) is 11.4 Å². The van der Waals surface area contributed by atoms with Gasteiger partial charge in [-0.25, -0.2) is 0 Å². The fourth-order valence-electron chi connectivity index (χ4n) is 0. The van der Waals surface area contributed by atoms with Crippen molar-refractivity contribution in [2.24, 2.45) is 0 Å². The van der Waals surface area contributed by atoms with Gasteiger partial charge in [0.15, 0.2) is 0 Å². The van der Waals surface area contributed by atoms with Crippen LogP contribution in [0.5, 0.6) is 0 Å². The summed E-state index contributed by atoms with van der Waals surface area (Å²) >= 11 is -3.11. The van der Waals surface area contributed by atoms with Crippen molar-refractivity contribution in [3.05, 3.63) is 0 Å². The smallest absolute Gasteiger partial charge is 0.784 e. The Morgan fingerprint density at radius 2 is 1.17 bits per heavy atom. The second-order valence-electron chi connectivity index (χ2n) is 0.204. The molecule has 0 saturated carbocycles. The van der Waals surface area contributed by atoms with E-state index in [-0.39, 0.29) is 59.1 Å². The van der Waals surface area contributed by atoms with Crippen molar-refractivity contribution in [2.75, 3.05) is 0 Å². The van der Waals surface area contributed by atoms with Crippen LogP contribution in [0.3, 0.4) is 0 Å². The van der Waals surface area contributed by atoms with E-state index in [1.54, 1.807) is 0 Å². The first kappa shape index (κ1) is 15.7. The molecule has 6 heavy (non-hydrogen) atoms. The van der Waals surface area contributed by atoms with Crippen molar-refractivity contribution in [1.82, 2.24) is 0 Å². The van der Waals surface area contributed by atoms with Gasteiger partial charge in [-0.15, -0.1) is 11.4 Å². The van der Waals surface area contributed by atoms with E-state index in [1.807, 2.05) is 0 Å². The van der Waals surface area contributed by atoms with E-state index >= 15 is 0 Å². The molecular formula is Na2O3S. The van der Waals surface area contributed by atoms with Gasteiger partial charge in [0.05, 0.1) is 0 Å². The van der Waals surface area contributed by atoms with E-state index in [2.05, 4.69) is 0 Å². The first-order valence-corrected chi connectivity index (χ1v) is 1.50. The van der Waals surface area contributed by atoms with Crippen LogP contribution in [0.25, 0.3) is 0 Å². The summed E-state index contributed by atoms with van der Waals surface area (Å²) in [7, 11) is 0. The maximum absolute atomic E-state index is 8.44. The minimum absolute atomic E-state index is 0. The van der Waals surface area contributed by atoms with Crippen molar-refractivity contribution in [1.29, 1.82) is 0 Å². The molecule has 0 fully saturated rings. The molecule has 0 saturated heterocycles. The van der Waals surface area contributed by atoms with Gasteiger partial charge < -0.3 is 9.11 Å². The van der Waals surface area contributed by atoms with Gasteiger partial charge >= 0.3 is 59.1 Å². The molecule has 0 heterocycles. The van der Waals surface area contributed by atoms with Crippen LogP contribution in [0, 0.1) is 0 Å². The third kappa shape index (κ3) is 36.4. The van der Waals surface area contributed by atoms with Crippen molar-refractivity contribution in [3.8, 4) is 0 Å². The zero-order valence-corrected chi connectivity index (χ0v) is 8.45.